The van der Waals surface area contributed by atoms with Gasteiger partial charge in [0, 0.05) is 25.6 Å². The Balaban J connectivity index is 1.77. The van der Waals surface area contributed by atoms with Crippen LogP contribution in [0.4, 0.5) is 0 Å². The molecule has 6 heteroatoms. The van der Waals surface area contributed by atoms with Gasteiger partial charge in [-0.2, -0.15) is 0 Å². The van der Waals surface area contributed by atoms with E-state index in [0.717, 1.165) is 13.0 Å². The molecule has 1 saturated heterocycles. The quantitative estimate of drug-likeness (QED) is 0.805. The largest absolute Gasteiger partial charge is 0.475 e. The monoisotopic (exact) mass is 266 g/mol. The molecule has 2 N–H and O–H groups in total. The number of hydrogen-bond donors (Lipinski definition) is 2. The molecule has 0 spiro atoms. The van der Waals surface area contributed by atoms with Crippen LogP contribution in [0.3, 0.4) is 0 Å². The van der Waals surface area contributed by atoms with Gasteiger partial charge in [-0.05, 0) is 25.5 Å². The van der Waals surface area contributed by atoms with Crippen molar-refractivity contribution in [3.8, 4) is 0 Å². The molecule has 1 aromatic rings. The van der Waals surface area contributed by atoms with E-state index < -0.39 is 5.97 Å². The highest BCUT2D eigenvalue weighted by Crippen LogP contribution is 2.11. The number of nitrogens with zero attached hydrogens (tertiary/aromatic N) is 1. The fourth-order valence-electron chi connectivity index (χ4n) is 2.15. The Kier molecular flexibility index (Phi) is 4.21. The van der Waals surface area contributed by atoms with Gasteiger partial charge in [0.25, 0.3) is 0 Å². The maximum Gasteiger partial charge on any atom is 0.371 e. The first-order valence-electron chi connectivity index (χ1n) is 6.39. The maximum atomic E-state index is 11.5. The first kappa shape index (κ1) is 13.6. The van der Waals surface area contributed by atoms with Crippen LogP contribution in [0.15, 0.2) is 16.5 Å². The van der Waals surface area contributed by atoms with Crippen LogP contribution in [0.25, 0.3) is 0 Å². The van der Waals surface area contributed by atoms with E-state index in [1.54, 1.807) is 6.07 Å². The van der Waals surface area contributed by atoms with Gasteiger partial charge in [-0.25, -0.2) is 4.79 Å². The highest BCUT2D eigenvalue weighted by atomic mass is 16.4. The Morgan fingerprint density at radius 2 is 2.37 bits per heavy atom. The van der Waals surface area contributed by atoms with Crippen molar-refractivity contribution in [2.75, 3.05) is 13.1 Å². The van der Waals surface area contributed by atoms with Crippen LogP contribution < -0.4 is 5.32 Å². The fourth-order valence-corrected chi connectivity index (χ4v) is 2.15. The summed E-state index contributed by atoms with van der Waals surface area (Å²) < 4.78 is 5.14. The van der Waals surface area contributed by atoms with Crippen molar-refractivity contribution in [1.29, 1.82) is 0 Å². The number of aromatic carboxylic acids is 1. The van der Waals surface area contributed by atoms with E-state index >= 15 is 0 Å². The van der Waals surface area contributed by atoms with Crippen molar-refractivity contribution in [2.24, 2.45) is 0 Å². The molecule has 0 radical (unpaired) electrons. The molecule has 2 rings (SSSR count). The Bertz CT molecular complexity index is 469. The summed E-state index contributed by atoms with van der Waals surface area (Å²) in [5, 5.41) is 12.0. The molecule has 19 heavy (non-hydrogen) atoms. The molecule has 0 bridgehead atoms. The lowest BCUT2D eigenvalue weighted by Gasteiger charge is -2.21. The van der Waals surface area contributed by atoms with Gasteiger partial charge in [0.2, 0.25) is 11.7 Å². The number of carbonyl (C=O) groups is 2. The third kappa shape index (κ3) is 3.57. The molecule has 6 nitrogen and oxygen atoms in total. The van der Waals surface area contributed by atoms with Gasteiger partial charge in [-0.15, -0.1) is 0 Å². The van der Waals surface area contributed by atoms with Gasteiger partial charge in [0.05, 0.1) is 6.54 Å². The molecule has 1 amide bonds. The topological polar surface area (TPSA) is 82.8 Å². The van der Waals surface area contributed by atoms with Crippen molar-refractivity contribution in [3.63, 3.8) is 0 Å². The predicted octanol–water partition coefficient (Wildman–Crippen LogP) is 1.08. The minimum Gasteiger partial charge on any atom is -0.475 e. The molecule has 1 fully saturated rings. The molecule has 0 aromatic carbocycles. The zero-order chi connectivity index (χ0) is 13.8. The SMILES string of the molecule is CC(CN1CCCC1=O)NCc1ccc(C(=O)O)o1. The Morgan fingerprint density at radius 1 is 1.58 bits per heavy atom. The van der Waals surface area contributed by atoms with Gasteiger partial charge in [-0.1, -0.05) is 0 Å². The molecule has 1 aromatic heterocycles. The maximum absolute atomic E-state index is 11.5. The molecule has 2 heterocycles. The van der Waals surface area contributed by atoms with E-state index in [2.05, 4.69) is 5.32 Å². The number of amides is 1. The average molecular weight is 266 g/mol. The predicted molar refractivity (Wildman–Crippen MR) is 67.8 cm³/mol. The van der Waals surface area contributed by atoms with Gasteiger partial charge < -0.3 is 19.7 Å². The molecule has 1 atom stereocenters. The van der Waals surface area contributed by atoms with E-state index in [1.165, 1.54) is 6.07 Å². The van der Waals surface area contributed by atoms with Gasteiger partial charge >= 0.3 is 5.97 Å². The molecule has 1 aliphatic heterocycles. The second-order valence-electron chi connectivity index (χ2n) is 4.80. The number of nitrogens with one attached hydrogen (secondary N) is 1. The Labute approximate surface area is 111 Å². The zero-order valence-corrected chi connectivity index (χ0v) is 10.9. The van der Waals surface area contributed by atoms with Gasteiger partial charge in [-0.3, -0.25) is 4.79 Å². The summed E-state index contributed by atoms with van der Waals surface area (Å²) in [5.41, 5.74) is 0. The van der Waals surface area contributed by atoms with Crippen molar-refractivity contribution in [1.82, 2.24) is 10.2 Å². The highest BCUT2D eigenvalue weighted by molar-refractivity contribution is 5.84. The highest BCUT2D eigenvalue weighted by Gasteiger charge is 2.21. The number of carbonyl (C=O) groups excluding carboxylic acids is 1. The van der Waals surface area contributed by atoms with Crippen molar-refractivity contribution >= 4 is 11.9 Å². The molecular formula is C13H18N2O4. The van der Waals surface area contributed by atoms with E-state index in [4.69, 9.17) is 9.52 Å². The van der Waals surface area contributed by atoms with Crippen LogP contribution in [0.5, 0.6) is 0 Å². The smallest absolute Gasteiger partial charge is 0.371 e. The van der Waals surface area contributed by atoms with Gasteiger partial charge in [0.1, 0.15) is 5.76 Å². The van der Waals surface area contributed by atoms with Crippen LogP contribution in [-0.4, -0.2) is 41.0 Å². The fraction of sp³-hybridized carbons (Fsp3) is 0.538. The van der Waals surface area contributed by atoms with E-state index in [9.17, 15) is 9.59 Å². The number of hydrogen-bond acceptors (Lipinski definition) is 4. The Hall–Kier alpha value is -1.82. The first-order valence-corrected chi connectivity index (χ1v) is 6.39. The summed E-state index contributed by atoms with van der Waals surface area (Å²) in [7, 11) is 0. The molecule has 1 aliphatic rings. The minimum atomic E-state index is -1.07. The lowest BCUT2D eigenvalue weighted by molar-refractivity contribution is -0.127. The molecule has 1 unspecified atom stereocenters. The Morgan fingerprint density at radius 3 is 2.95 bits per heavy atom. The minimum absolute atomic E-state index is 0.0563. The van der Waals surface area contributed by atoms with Crippen LogP contribution in [0, 0.1) is 0 Å². The van der Waals surface area contributed by atoms with E-state index in [-0.39, 0.29) is 17.7 Å². The standard InChI is InChI=1S/C13H18N2O4/c1-9(8-15-6-2-3-12(15)16)14-7-10-4-5-11(19-10)13(17)18/h4-5,9,14H,2-3,6-8H2,1H3,(H,17,18). The van der Waals surface area contributed by atoms with E-state index in [1.807, 2.05) is 11.8 Å². The summed E-state index contributed by atoms with van der Waals surface area (Å²) >= 11 is 0. The summed E-state index contributed by atoms with van der Waals surface area (Å²) in [6, 6.07) is 3.22. The van der Waals surface area contributed by atoms with Gasteiger partial charge in [0.15, 0.2) is 0 Å². The number of carboxylic acid groups (broad SMARTS) is 1. The van der Waals surface area contributed by atoms with Crippen LogP contribution in [0.2, 0.25) is 0 Å². The molecule has 0 saturated carbocycles. The third-order valence-corrected chi connectivity index (χ3v) is 3.16. The van der Waals surface area contributed by atoms with Crippen molar-refractivity contribution in [3.05, 3.63) is 23.7 Å². The second kappa shape index (κ2) is 5.88. The second-order valence-corrected chi connectivity index (χ2v) is 4.80. The summed E-state index contributed by atoms with van der Waals surface area (Å²) in [4.78, 5) is 24.0. The van der Waals surface area contributed by atoms with E-state index in [0.29, 0.717) is 25.3 Å². The lowest BCUT2D eigenvalue weighted by Crippen LogP contribution is -2.39. The third-order valence-electron chi connectivity index (χ3n) is 3.16. The van der Waals surface area contributed by atoms with Crippen LogP contribution in [0.1, 0.15) is 36.1 Å². The lowest BCUT2D eigenvalue weighted by atomic mass is 10.3. The van der Waals surface area contributed by atoms with Crippen LogP contribution >= 0.6 is 0 Å². The summed E-state index contributed by atoms with van der Waals surface area (Å²) in [6.45, 7) is 3.95. The summed E-state index contributed by atoms with van der Waals surface area (Å²) in [6.07, 6.45) is 1.58. The van der Waals surface area contributed by atoms with Crippen molar-refractivity contribution in [2.45, 2.75) is 32.4 Å². The average Bonchev–Trinajstić information content (AvgIpc) is 2.97. The molecule has 104 valence electrons. The summed E-state index contributed by atoms with van der Waals surface area (Å²) in [5.74, 6) is -0.335. The number of furan rings is 1. The molecular weight excluding hydrogens is 248 g/mol. The number of carboxylic acids is 1. The number of rotatable bonds is 6. The van der Waals surface area contributed by atoms with Crippen molar-refractivity contribution < 1.29 is 19.1 Å². The number of likely N-dealkylation sites (tertiary alicyclic amines) is 1. The molecule has 0 aliphatic carbocycles. The van der Waals surface area contributed by atoms with Crippen LogP contribution in [-0.2, 0) is 11.3 Å². The normalized spacial score (nSPS) is 16.9. The first-order chi connectivity index (χ1) is 9.06. The zero-order valence-electron chi connectivity index (χ0n) is 10.9.